The maximum Gasteiger partial charge on any atom is 0.308 e. The van der Waals surface area contributed by atoms with Crippen molar-refractivity contribution in [1.82, 2.24) is 9.97 Å². The van der Waals surface area contributed by atoms with Crippen LogP contribution in [0.1, 0.15) is 10.6 Å². The molecule has 2 rings (SSSR count). The van der Waals surface area contributed by atoms with E-state index in [2.05, 4.69) is 41.8 Å². The highest BCUT2D eigenvalue weighted by molar-refractivity contribution is 9.11. The number of pyridine rings is 1. The maximum absolute atomic E-state index is 10.7. The lowest BCUT2D eigenvalue weighted by Gasteiger charge is -2.00. The predicted molar refractivity (Wildman–Crippen MR) is 82.0 cm³/mol. The number of thiazole rings is 1. The molecule has 0 saturated heterocycles. The van der Waals surface area contributed by atoms with E-state index in [1.54, 1.807) is 6.20 Å². The highest BCUT2D eigenvalue weighted by atomic mass is 79.9. The predicted octanol–water partition coefficient (Wildman–Crippen LogP) is 4.15. The number of carboxylic acid groups (broad SMARTS) is 1. The Morgan fingerprint density at radius 1 is 1.53 bits per heavy atom. The Hall–Kier alpha value is -0.440. The van der Waals surface area contributed by atoms with Crippen LogP contribution < -0.4 is 0 Å². The largest absolute Gasteiger partial charge is 0.481 e. The molecule has 0 aliphatic carbocycles. The first-order chi connectivity index (χ1) is 8.95. The molecular formula is C11H8Br2N2O2S2. The lowest BCUT2D eigenvalue weighted by Crippen LogP contribution is -1.99. The Balaban J connectivity index is 2.21. The zero-order valence-corrected chi connectivity index (χ0v) is 14.5. The summed E-state index contributed by atoms with van der Waals surface area (Å²) in [6.07, 6.45) is 1.73. The molecule has 100 valence electrons. The van der Waals surface area contributed by atoms with Crippen LogP contribution in [0.4, 0.5) is 0 Å². The summed E-state index contributed by atoms with van der Waals surface area (Å²) in [5, 5.41) is 9.62. The number of aliphatic carboxylic acids is 1. The van der Waals surface area contributed by atoms with E-state index in [1.165, 1.54) is 23.1 Å². The van der Waals surface area contributed by atoms with Gasteiger partial charge in [-0.05, 0) is 56.6 Å². The average Bonchev–Trinajstić information content (AvgIpc) is 2.62. The van der Waals surface area contributed by atoms with E-state index in [4.69, 9.17) is 5.11 Å². The Labute approximate surface area is 134 Å². The molecule has 19 heavy (non-hydrogen) atoms. The van der Waals surface area contributed by atoms with Crippen molar-refractivity contribution in [3.05, 3.63) is 31.8 Å². The quantitative estimate of drug-likeness (QED) is 0.800. The van der Waals surface area contributed by atoms with E-state index in [-0.39, 0.29) is 6.42 Å². The molecule has 0 fully saturated rings. The molecule has 0 saturated carbocycles. The van der Waals surface area contributed by atoms with E-state index in [0.29, 0.717) is 0 Å². The number of hydrogen-bond donors (Lipinski definition) is 1. The molecule has 0 aliphatic heterocycles. The molecule has 0 aromatic carbocycles. The second-order valence-corrected chi connectivity index (χ2v) is 7.69. The summed E-state index contributed by atoms with van der Waals surface area (Å²) < 4.78 is 2.56. The molecule has 0 bridgehead atoms. The topological polar surface area (TPSA) is 63.1 Å². The van der Waals surface area contributed by atoms with Crippen molar-refractivity contribution in [1.29, 1.82) is 0 Å². The fourth-order valence-electron chi connectivity index (χ4n) is 1.31. The van der Waals surface area contributed by atoms with Crippen molar-refractivity contribution in [3.8, 4) is 0 Å². The average molecular weight is 424 g/mol. The number of aromatic nitrogens is 2. The number of halogens is 2. The van der Waals surface area contributed by atoms with Gasteiger partial charge in [0.15, 0.2) is 4.34 Å². The van der Waals surface area contributed by atoms with E-state index in [1.807, 2.05) is 13.0 Å². The molecule has 8 heteroatoms. The summed E-state index contributed by atoms with van der Waals surface area (Å²) in [7, 11) is 0. The summed E-state index contributed by atoms with van der Waals surface area (Å²) in [6, 6.07) is 1.91. The van der Waals surface area contributed by atoms with Gasteiger partial charge in [-0.15, -0.1) is 11.3 Å². The third-order valence-corrected chi connectivity index (χ3v) is 5.68. The number of rotatable bonds is 4. The van der Waals surface area contributed by atoms with Gasteiger partial charge in [-0.2, -0.15) is 0 Å². The fourth-order valence-corrected chi connectivity index (χ4v) is 4.63. The molecule has 2 aromatic rings. The molecule has 2 heterocycles. The van der Waals surface area contributed by atoms with Gasteiger partial charge in [-0.25, -0.2) is 9.97 Å². The lowest BCUT2D eigenvalue weighted by molar-refractivity contribution is -0.136. The van der Waals surface area contributed by atoms with Gasteiger partial charge in [-0.1, -0.05) is 0 Å². The number of carbonyl (C=O) groups is 1. The van der Waals surface area contributed by atoms with Crippen molar-refractivity contribution >= 4 is 60.9 Å². The van der Waals surface area contributed by atoms with Crippen molar-refractivity contribution in [2.24, 2.45) is 0 Å². The number of aryl methyl sites for hydroxylation is 1. The summed E-state index contributed by atoms with van der Waals surface area (Å²) in [6.45, 7) is 1.82. The molecule has 2 aromatic heterocycles. The maximum atomic E-state index is 10.7. The zero-order chi connectivity index (χ0) is 14.0. The first kappa shape index (κ1) is 15.0. The molecule has 0 aliphatic rings. The van der Waals surface area contributed by atoms with Crippen LogP contribution in [-0.4, -0.2) is 21.0 Å². The number of nitrogens with zero attached hydrogens (tertiary/aromatic N) is 2. The monoisotopic (exact) mass is 422 g/mol. The van der Waals surface area contributed by atoms with Gasteiger partial charge in [0.2, 0.25) is 0 Å². The van der Waals surface area contributed by atoms with Crippen LogP contribution >= 0.6 is 55.0 Å². The number of hydrogen-bond acceptors (Lipinski definition) is 5. The molecule has 0 unspecified atom stereocenters. The Kier molecular flexibility index (Phi) is 4.99. The first-order valence-corrected chi connectivity index (χ1v) is 8.34. The van der Waals surface area contributed by atoms with Gasteiger partial charge in [-0.3, -0.25) is 4.79 Å². The molecule has 0 atom stereocenters. The first-order valence-electron chi connectivity index (χ1n) is 5.12. The van der Waals surface area contributed by atoms with E-state index >= 15 is 0 Å². The minimum atomic E-state index is -0.841. The molecule has 4 nitrogen and oxygen atoms in total. The van der Waals surface area contributed by atoms with Crippen molar-refractivity contribution in [2.75, 3.05) is 0 Å². The van der Waals surface area contributed by atoms with Crippen LogP contribution in [0.3, 0.4) is 0 Å². The smallest absolute Gasteiger partial charge is 0.308 e. The van der Waals surface area contributed by atoms with E-state index in [9.17, 15) is 4.79 Å². The number of carboxylic acids is 1. The van der Waals surface area contributed by atoms with Crippen LogP contribution in [0, 0.1) is 6.92 Å². The zero-order valence-electron chi connectivity index (χ0n) is 9.68. The molecule has 0 amide bonds. The summed E-state index contributed by atoms with van der Waals surface area (Å²) >= 11 is 9.60. The second kappa shape index (κ2) is 6.34. The van der Waals surface area contributed by atoms with Crippen LogP contribution in [0.25, 0.3) is 0 Å². The van der Waals surface area contributed by atoms with Crippen molar-refractivity contribution in [2.45, 2.75) is 22.7 Å². The second-order valence-electron chi connectivity index (χ2n) is 3.60. The standard InChI is InChI=1S/C11H8Br2N2O2S2/c1-5-8(3-9(16)17)18-11(15-5)19-10-7(13)2-6(12)4-14-10/h2,4H,3H2,1H3,(H,16,17). The third kappa shape index (κ3) is 4.01. The fraction of sp³-hybridized carbons (Fsp3) is 0.182. The van der Waals surface area contributed by atoms with Gasteiger partial charge >= 0.3 is 5.97 Å². The van der Waals surface area contributed by atoms with Crippen LogP contribution in [0.15, 0.2) is 30.6 Å². The Morgan fingerprint density at radius 2 is 2.26 bits per heavy atom. The highest BCUT2D eigenvalue weighted by Gasteiger charge is 2.13. The summed E-state index contributed by atoms with van der Waals surface area (Å²) in [4.78, 5) is 20.2. The highest BCUT2D eigenvalue weighted by Crippen LogP contribution is 2.36. The van der Waals surface area contributed by atoms with Crippen LogP contribution in [0.2, 0.25) is 0 Å². The van der Waals surface area contributed by atoms with Gasteiger partial charge < -0.3 is 5.11 Å². The SMILES string of the molecule is Cc1nc(Sc2ncc(Br)cc2Br)sc1CC(=O)O. The van der Waals surface area contributed by atoms with Crippen LogP contribution in [0.5, 0.6) is 0 Å². The molecule has 0 spiro atoms. The minimum absolute atomic E-state index is 0.0129. The normalized spacial score (nSPS) is 10.7. The Morgan fingerprint density at radius 3 is 2.89 bits per heavy atom. The van der Waals surface area contributed by atoms with Gasteiger partial charge in [0.25, 0.3) is 0 Å². The molecule has 0 radical (unpaired) electrons. The lowest BCUT2D eigenvalue weighted by atomic mass is 10.3. The minimum Gasteiger partial charge on any atom is -0.481 e. The van der Waals surface area contributed by atoms with E-state index < -0.39 is 5.97 Å². The summed E-state index contributed by atoms with van der Waals surface area (Å²) in [5.74, 6) is -0.841. The van der Waals surface area contributed by atoms with Gasteiger partial charge in [0, 0.05) is 15.5 Å². The van der Waals surface area contributed by atoms with Gasteiger partial charge in [0.05, 0.1) is 16.6 Å². The summed E-state index contributed by atoms with van der Waals surface area (Å²) in [5.41, 5.74) is 0.767. The molecule has 1 N–H and O–H groups in total. The van der Waals surface area contributed by atoms with E-state index in [0.717, 1.165) is 28.9 Å². The Bertz CT molecular complexity index is 631. The van der Waals surface area contributed by atoms with Crippen molar-refractivity contribution < 1.29 is 9.90 Å². The van der Waals surface area contributed by atoms with Gasteiger partial charge in [0.1, 0.15) is 5.03 Å². The van der Waals surface area contributed by atoms with Crippen LogP contribution in [-0.2, 0) is 11.2 Å². The molecular weight excluding hydrogens is 416 g/mol. The third-order valence-electron chi connectivity index (χ3n) is 2.14. The van der Waals surface area contributed by atoms with Crippen molar-refractivity contribution in [3.63, 3.8) is 0 Å².